The van der Waals surface area contributed by atoms with Crippen molar-refractivity contribution in [3.05, 3.63) is 18.7 Å². The number of hydrogen-bond donors (Lipinski definition) is 1. The molecular weight excluding hydrogens is 218 g/mol. The van der Waals surface area contributed by atoms with E-state index >= 15 is 0 Å². The SMILES string of the molecule is COCC(Nc1nccn2cnnc12)C1CC1. The van der Waals surface area contributed by atoms with Crippen LogP contribution in [0.3, 0.4) is 0 Å². The van der Waals surface area contributed by atoms with Gasteiger partial charge in [0.05, 0.1) is 12.6 Å². The predicted octanol–water partition coefficient (Wildman–Crippen LogP) is 0.961. The first-order valence-corrected chi connectivity index (χ1v) is 5.78. The summed E-state index contributed by atoms with van der Waals surface area (Å²) >= 11 is 0. The van der Waals surface area contributed by atoms with Crippen LogP contribution >= 0.6 is 0 Å². The number of rotatable bonds is 5. The van der Waals surface area contributed by atoms with Gasteiger partial charge in [0.1, 0.15) is 6.33 Å². The van der Waals surface area contributed by atoms with E-state index in [-0.39, 0.29) is 0 Å². The number of ether oxygens (including phenoxy) is 1. The molecule has 0 amide bonds. The van der Waals surface area contributed by atoms with Crippen LogP contribution in [0.1, 0.15) is 12.8 Å². The van der Waals surface area contributed by atoms with Crippen molar-refractivity contribution in [2.75, 3.05) is 19.0 Å². The lowest BCUT2D eigenvalue weighted by molar-refractivity contribution is 0.179. The summed E-state index contributed by atoms with van der Waals surface area (Å²) in [5.41, 5.74) is 0.759. The fraction of sp³-hybridized carbons (Fsp3) is 0.545. The van der Waals surface area contributed by atoms with Crippen molar-refractivity contribution < 1.29 is 4.74 Å². The fourth-order valence-corrected chi connectivity index (χ4v) is 2.01. The fourth-order valence-electron chi connectivity index (χ4n) is 2.01. The van der Waals surface area contributed by atoms with Crippen LogP contribution < -0.4 is 5.32 Å². The molecule has 90 valence electrons. The predicted molar refractivity (Wildman–Crippen MR) is 62.8 cm³/mol. The van der Waals surface area contributed by atoms with E-state index in [1.165, 1.54) is 12.8 Å². The zero-order chi connectivity index (χ0) is 11.7. The summed E-state index contributed by atoms with van der Waals surface area (Å²) < 4.78 is 7.09. The first-order valence-electron chi connectivity index (χ1n) is 5.78. The Morgan fingerprint density at radius 2 is 2.47 bits per heavy atom. The van der Waals surface area contributed by atoms with Crippen molar-refractivity contribution in [1.82, 2.24) is 19.6 Å². The third-order valence-electron chi connectivity index (χ3n) is 3.08. The Labute approximate surface area is 99.0 Å². The molecule has 2 heterocycles. The summed E-state index contributed by atoms with van der Waals surface area (Å²) in [6.45, 7) is 0.696. The molecule has 3 rings (SSSR count). The number of nitrogens with one attached hydrogen (secondary N) is 1. The van der Waals surface area contributed by atoms with Crippen molar-refractivity contribution in [1.29, 1.82) is 0 Å². The minimum absolute atomic E-state index is 0.315. The molecule has 6 nitrogen and oxygen atoms in total. The van der Waals surface area contributed by atoms with Gasteiger partial charge in [-0.05, 0) is 18.8 Å². The van der Waals surface area contributed by atoms with Gasteiger partial charge in [-0.1, -0.05) is 0 Å². The molecule has 1 aliphatic rings. The average molecular weight is 233 g/mol. The van der Waals surface area contributed by atoms with Crippen molar-refractivity contribution in [2.45, 2.75) is 18.9 Å². The molecule has 0 spiro atoms. The molecule has 1 aliphatic carbocycles. The highest BCUT2D eigenvalue weighted by Gasteiger charge is 2.31. The van der Waals surface area contributed by atoms with Gasteiger partial charge < -0.3 is 10.1 Å². The second-order valence-electron chi connectivity index (χ2n) is 4.38. The van der Waals surface area contributed by atoms with Gasteiger partial charge in [-0.2, -0.15) is 0 Å². The van der Waals surface area contributed by atoms with E-state index in [4.69, 9.17) is 4.74 Å². The average Bonchev–Trinajstić information content (AvgIpc) is 3.07. The van der Waals surface area contributed by atoms with E-state index in [0.29, 0.717) is 18.6 Å². The number of methoxy groups -OCH3 is 1. The van der Waals surface area contributed by atoms with Crippen molar-refractivity contribution in [2.24, 2.45) is 5.92 Å². The Kier molecular flexibility index (Phi) is 2.64. The van der Waals surface area contributed by atoms with Crippen LogP contribution in [-0.4, -0.2) is 39.3 Å². The summed E-state index contributed by atoms with van der Waals surface area (Å²) in [6, 6.07) is 0.315. The van der Waals surface area contributed by atoms with Crippen LogP contribution in [0.25, 0.3) is 5.65 Å². The number of aromatic nitrogens is 4. The maximum Gasteiger partial charge on any atom is 0.203 e. The third kappa shape index (κ3) is 2.08. The molecule has 0 aliphatic heterocycles. The molecule has 6 heteroatoms. The number of anilines is 1. The highest BCUT2D eigenvalue weighted by molar-refractivity contribution is 5.61. The molecule has 0 saturated heterocycles. The highest BCUT2D eigenvalue weighted by Crippen LogP contribution is 2.34. The van der Waals surface area contributed by atoms with E-state index in [1.807, 2.05) is 10.6 Å². The third-order valence-corrected chi connectivity index (χ3v) is 3.08. The first kappa shape index (κ1) is 10.5. The van der Waals surface area contributed by atoms with Crippen LogP contribution in [-0.2, 0) is 4.74 Å². The van der Waals surface area contributed by atoms with Gasteiger partial charge in [0.2, 0.25) is 5.65 Å². The smallest absolute Gasteiger partial charge is 0.203 e. The van der Waals surface area contributed by atoms with Crippen LogP contribution in [0.15, 0.2) is 18.7 Å². The number of fused-ring (bicyclic) bond motifs is 1. The first-order chi connectivity index (χ1) is 8.38. The van der Waals surface area contributed by atoms with Crippen molar-refractivity contribution in [3.63, 3.8) is 0 Å². The summed E-state index contributed by atoms with van der Waals surface area (Å²) in [4.78, 5) is 4.32. The maximum absolute atomic E-state index is 5.24. The van der Waals surface area contributed by atoms with Gasteiger partial charge in [0.25, 0.3) is 0 Å². The summed E-state index contributed by atoms with van der Waals surface area (Å²) in [5, 5.41) is 11.3. The molecule has 1 saturated carbocycles. The molecule has 2 aromatic rings. The Hall–Kier alpha value is -1.69. The summed E-state index contributed by atoms with van der Waals surface area (Å²) in [5.74, 6) is 1.47. The van der Waals surface area contributed by atoms with E-state index < -0.39 is 0 Å². The lowest BCUT2D eigenvalue weighted by atomic mass is 10.2. The molecule has 0 aromatic carbocycles. The standard InChI is InChI=1S/C11H15N5O/c1-17-6-9(8-2-3-8)14-10-11-15-13-7-16(11)5-4-12-10/h4-5,7-9H,2-3,6H2,1H3,(H,12,14). The number of hydrogen-bond acceptors (Lipinski definition) is 5. The van der Waals surface area contributed by atoms with Gasteiger partial charge in [0, 0.05) is 19.5 Å². The largest absolute Gasteiger partial charge is 0.383 e. The van der Waals surface area contributed by atoms with Crippen molar-refractivity contribution in [3.8, 4) is 0 Å². The van der Waals surface area contributed by atoms with E-state index in [0.717, 1.165) is 11.5 Å². The molecule has 0 bridgehead atoms. The lowest BCUT2D eigenvalue weighted by Gasteiger charge is -2.17. The molecule has 17 heavy (non-hydrogen) atoms. The number of nitrogens with zero attached hydrogens (tertiary/aromatic N) is 4. The van der Waals surface area contributed by atoms with Crippen LogP contribution in [0.4, 0.5) is 5.82 Å². The second kappa shape index (κ2) is 4.29. The molecular formula is C11H15N5O. The summed E-state index contributed by atoms with van der Waals surface area (Å²) in [6.07, 6.45) is 7.77. The molecule has 1 unspecified atom stereocenters. The van der Waals surface area contributed by atoms with Gasteiger partial charge in [-0.15, -0.1) is 10.2 Å². The van der Waals surface area contributed by atoms with Crippen LogP contribution in [0.2, 0.25) is 0 Å². The second-order valence-corrected chi connectivity index (χ2v) is 4.38. The summed E-state index contributed by atoms with van der Waals surface area (Å²) in [7, 11) is 1.72. The monoisotopic (exact) mass is 233 g/mol. The molecule has 2 aromatic heterocycles. The zero-order valence-electron chi connectivity index (χ0n) is 9.71. The zero-order valence-corrected chi connectivity index (χ0v) is 9.71. The molecule has 1 atom stereocenters. The quantitative estimate of drug-likeness (QED) is 0.833. The van der Waals surface area contributed by atoms with Crippen LogP contribution in [0.5, 0.6) is 0 Å². The molecule has 1 N–H and O–H groups in total. The minimum atomic E-state index is 0.315. The minimum Gasteiger partial charge on any atom is -0.383 e. The van der Waals surface area contributed by atoms with E-state index in [1.54, 1.807) is 19.6 Å². The highest BCUT2D eigenvalue weighted by atomic mass is 16.5. The van der Waals surface area contributed by atoms with Crippen LogP contribution in [0, 0.1) is 5.92 Å². The van der Waals surface area contributed by atoms with Gasteiger partial charge in [-0.3, -0.25) is 4.40 Å². The topological polar surface area (TPSA) is 64.3 Å². The van der Waals surface area contributed by atoms with Gasteiger partial charge in [-0.25, -0.2) is 4.98 Å². The molecule has 1 fully saturated rings. The molecule has 0 radical (unpaired) electrons. The Bertz CT molecular complexity index is 507. The maximum atomic E-state index is 5.24. The van der Waals surface area contributed by atoms with Gasteiger partial charge in [0.15, 0.2) is 5.82 Å². The van der Waals surface area contributed by atoms with Gasteiger partial charge >= 0.3 is 0 Å². The Morgan fingerprint density at radius 3 is 3.24 bits per heavy atom. The Balaban J connectivity index is 1.85. The van der Waals surface area contributed by atoms with E-state index in [2.05, 4.69) is 20.5 Å². The Morgan fingerprint density at radius 1 is 1.59 bits per heavy atom. The van der Waals surface area contributed by atoms with E-state index in [9.17, 15) is 0 Å². The van der Waals surface area contributed by atoms with Crippen molar-refractivity contribution >= 4 is 11.5 Å². The lowest BCUT2D eigenvalue weighted by Crippen LogP contribution is -2.27. The normalized spacial score (nSPS) is 17.2.